The molecule has 86 valence electrons. The lowest BCUT2D eigenvalue weighted by Crippen LogP contribution is -2.33. The Balaban J connectivity index is 2.12. The third-order valence-corrected chi connectivity index (χ3v) is 2.99. The van der Waals surface area contributed by atoms with Gasteiger partial charge < -0.3 is 10.2 Å². The third-order valence-electron chi connectivity index (χ3n) is 2.99. The number of amides is 1. The summed E-state index contributed by atoms with van der Waals surface area (Å²) >= 11 is 0. The van der Waals surface area contributed by atoms with E-state index in [-0.39, 0.29) is 11.5 Å². The third kappa shape index (κ3) is 2.07. The molecule has 0 unspecified atom stereocenters. The van der Waals surface area contributed by atoms with Crippen molar-refractivity contribution in [1.82, 2.24) is 10.2 Å². The van der Waals surface area contributed by atoms with Gasteiger partial charge in [-0.1, -0.05) is 12.1 Å². The topological polar surface area (TPSA) is 32.3 Å². The molecule has 0 bridgehead atoms. The second-order valence-corrected chi connectivity index (χ2v) is 4.01. The highest BCUT2D eigenvalue weighted by atomic mass is 19.1. The van der Waals surface area contributed by atoms with Crippen LogP contribution in [0, 0.1) is 5.82 Å². The van der Waals surface area contributed by atoms with Crippen molar-refractivity contribution in [2.45, 2.75) is 12.5 Å². The highest BCUT2D eigenvalue weighted by Crippen LogP contribution is 2.15. The average Bonchev–Trinajstić information content (AvgIpc) is 2.77. The van der Waals surface area contributed by atoms with Crippen molar-refractivity contribution in [2.75, 3.05) is 20.1 Å². The smallest absolute Gasteiger partial charge is 0.256 e. The van der Waals surface area contributed by atoms with E-state index < -0.39 is 5.82 Å². The summed E-state index contributed by atoms with van der Waals surface area (Å²) in [5.74, 6) is -0.656. The molecule has 1 saturated heterocycles. The zero-order valence-corrected chi connectivity index (χ0v) is 9.24. The molecule has 0 saturated carbocycles. The van der Waals surface area contributed by atoms with Crippen LogP contribution in [0.15, 0.2) is 24.3 Å². The summed E-state index contributed by atoms with van der Waals surface area (Å²) in [6.07, 6.45) is 0.927. The van der Waals surface area contributed by atoms with Gasteiger partial charge in [-0.05, 0) is 25.6 Å². The molecule has 4 heteroatoms. The predicted molar refractivity (Wildman–Crippen MR) is 59.8 cm³/mol. The van der Waals surface area contributed by atoms with Gasteiger partial charge in [0.25, 0.3) is 5.91 Å². The summed E-state index contributed by atoms with van der Waals surface area (Å²) < 4.78 is 13.4. The number of nitrogens with one attached hydrogen (secondary N) is 1. The maximum absolute atomic E-state index is 13.4. The van der Waals surface area contributed by atoms with Crippen LogP contribution in [0.4, 0.5) is 4.39 Å². The number of hydrogen-bond donors (Lipinski definition) is 1. The van der Waals surface area contributed by atoms with Crippen LogP contribution in [0.3, 0.4) is 0 Å². The summed E-state index contributed by atoms with van der Waals surface area (Å²) in [5, 5.41) is 3.13. The second kappa shape index (κ2) is 4.61. The molecule has 0 aliphatic carbocycles. The molecule has 1 heterocycles. The number of likely N-dealkylation sites (N-methyl/N-ethyl adjacent to an activating group) is 1. The van der Waals surface area contributed by atoms with Gasteiger partial charge in [-0.15, -0.1) is 0 Å². The zero-order chi connectivity index (χ0) is 11.5. The molecule has 1 atom stereocenters. The molecule has 1 fully saturated rings. The fourth-order valence-electron chi connectivity index (χ4n) is 1.99. The minimum Gasteiger partial charge on any atom is -0.337 e. The summed E-state index contributed by atoms with van der Waals surface area (Å²) in [6, 6.07) is 6.45. The van der Waals surface area contributed by atoms with E-state index in [1.807, 2.05) is 7.05 Å². The molecule has 0 aromatic heterocycles. The number of likely N-dealkylation sites (tertiary alicyclic amines) is 1. The van der Waals surface area contributed by atoms with E-state index in [1.54, 1.807) is 17.0 Å². The first kappa shape index (κ1) is 11.1. The Kier molecular flexibility index (Phi) is 3.19. The molecule has 3 nitrogen and oxygen atoms in total. The molecule has 2 rings (SSSR count). The lowest BCUT2D eigenvalue weighted by atomic mass is 10.2. The Hall–Kier alpha value is -1.42. The minimum absolute atomic E-state index is 0.166. The van der Waals surface area contributed by atoms with E-state index in [0.29, 0.717) is 19.1 Å². The quantitative estimate of drug-likeness (QED) is 0.817. The summed E-state index contributed by atoms with van der Waals surface area (Å²) in [7, 11) is 1.88. The van der Waals surface area contributed by atoms with Crippen LogP contribution in [-0.4, -0.2) is 37.0 Å². The van der Waals surface area contributed by atoms with Gasteiger partial charge in [-0.25, -0.2) is 4.39 Å². The van der Waals surface area contributed by atoms with Gasteiger partial charge in [0.2, 0.25) is 0 Å². The first-order valence-corrected chi connectivity index (χ1v) is 5.43. The van der Waals surface area contributed by atoms with E-state index >= 15 is 0 Å². The minimum atomic E-state index is -0.444. The van der Waals surface area contributed by atoms with Crippen molar-refractivity contribution >= 4 is 5.91 Å². The van der Waals surface area contributed by atoms with Crippen molar-refractivity contribution < 1.29 is 9.18 Å². The van der Waals surface area contributed by atoms with Crippen LogP contribution in [0.2, 0.25) is 0 Å². The fraction of sp³-hybridized carbons (Fsp3) is 0.417. The standard InChI is InChI=1S/C12H15FN2O/c1-14-9-6-7-15(8-9)12(16)10-4-2-3-5-11(10)13/h2-5,9,14H,6-8H2,1H3/t9-/m1/s1. The molecular formula is C12H15FN2O. The van der Waals surface area contributed by atoms with Gasteiger partial charge in [0.05, 0.1) is 5.56 Å². The van der Waals surface area contributed by atoms with Crippen molar-refractivity contribution in [3.63, 3.8) is 0 Å². The molecule has 1 amide bonds. The lowest BCUT2D eigenvalue weighted by Gasteiger charge is -2.16. The van der Waals surface area contributed by atoms with Gasteiger partial charge in [0.1, 0.15) is 5.82 Å². The van der Waals surface area contributed by atoms with Crippen molar-refractivity contribution in [2.24, 2.45) is 0 Å². The second-order valence-electron chi connectivity index (χ2n) is 4.01. The Bertz CT molecular complexity index is 394. The number of benzene rings is 1. The number of hydrogen-bond acceptors (Lipinski definition) is 2. The molecule has 1 aliphatic heterocycles. The van der Waals surface area contributed by atoms with Gasteiger partial charge in [0.15, 0.2) is 0 Å². The SMILES string of the molecule is CN[C@@H]1CCN(C(=O)c2ccccc2F)C1. The molecule has 0 radical (unpaired) electrons. The highest BCUT2D eigenvalue weighted by Gasteiger charge is 2.26. The number of carbonyl (C=O) groups excluding carboxylic acids is 1. The summed E-state index contributed by atoms with van der Waals surface area (Å²) in [6.45, 7) is 1.35. The molecule has 1 aromatic rings. The molecule has 1 aliphatic rings. The molecule has 0 spiro atoms. The maximum Gasteiger partial charge on any atom is 0.256 e. The first-order chi connectivity index (χ1) is 7.72. The number of carbonyl (C=O) groups is 1. The van der Waals surface area contributed by atoms with Crippen LogP contribution in [0.5, 0.6) is 0 Å². The van der Waals surface area contributed by atoms with Gasteiger partial charge in [-0.2, -0.15) is 0 Å². The van der Waals surface area contributed by atoms with Crippen molar-refractivity contribution in [3.05, 3.63) is 35.6 Å². The maximum atomic E-state index is 13.4. The predicted octanol–water partition coefficient (Wildman–Crippen LogP) is 1.26. The van der Waals surface area contributed by atoms with E-state index in [1.165, 1.54) is 12.1 Å². The van der Waals surface area contributed by atoms with E-state index in [2.05, 4.69) is 5.32 Å². The Morgan fingerprint density at radius 1 is 1.50 bits per heavy atom. The number of nitrogens with zero attached hydrogens (tertiary/aromatic N) is 1. The van der Waals surface area contributed by atoms with Gasteiger partial charge in [-0.3, -0.25) is 4.79 Å². The van der Waals surface area contributed by atoms with Gasteiger partial charge in [0, 0.05) is 19.1 Å². The van der Waals surface area contributed by atoms with Gasteiger partial charge >= 0.3 is 0 Å². The Labute approximate surface area is 94.3 Å². The largest absolute Gasteiger partial charge is 0.337 e. The molecule has 1 aromatic carbocycles. The monoisotopic (exact) mass is 222 g/mol. The van der Waals surface area contributed by atoms with E-state index in [0.717, 1.165) is 6.42 Å². The Morgan fingerprint density at radius 3 is 2.88 bits per heavy atom. The number of halogens is 1. The normalized spacial score (nSPS) is 20.1. The van der Waals surface area contributed by atoms with Crippen molar-refractivity contribution in [1.29, 1.82) is 0 Å². The first-order valence-electron chi connectivity index (χ1n) is 5.43. The molecular weight excluding hydrogens is 207 g/mol. The average molecular weight is 222 g/mol. The fourth-order valence-corrected chi connectivity index (χ4v) is 1.99. The van der Waals surface area contributed by atoms with Crippen molar-refractivity contribution in [3.8, 4) is 0 Å². The highest BCUT2D eigenvalue weighted by molar-refractivity contribution is 5.94. The molecule has 16 heavy (non-hydrogen) atoms. The van der Waals surface area contributed by atoms with Crippen LogP contribution in [-0.2, 0) is 0 Å². The summed E-state index contributed by atoms with van der Waals surface area (Å²) in [5.41, 5.74) is 0.166. The van der Waals surface area contributed by atoms with E-state index in [9.17, 15) is 9.18 Å². The number of rotatable bonds is 2. The lowest BCUT2D eigenvalue weighted by molar-refractivity contribution is 0.0785. The van der Waals surface area contributed by atoms with Crippen LogP contribution >= 0.6 is 0 Å². The molecule has 1 N–H and O–H groups in total. The summed E-state index contributed by atoms with van der Waals surface area (Å²) in [4.78, 5) is 13.7. The van der Waals surface area contributed by atoms with Crippen LogP contribution < -0.4 is 5.32 Å². The zero-order valence-electron chi connectivity index (χ0n) is 9.24. The van der Waals surface area contributed by atoms with E-state index in [4.69, 9.17) is 0 Å². The Morgan fingerprint density at radius 2 is 2.25 bits per heavy atom. The van der Waals surface area contributed by atoms with Crippen LogP contribution in [0.1, 0.15) is 16.8 Å². The van der Waals surface area contributed by atoms with Crippen LogP contribution in [0.25, 0.3) is 0 Å².